The van der Waals surface area contributed by atoms with Crippen molar-refractivity contribution in [3.63, 3.8) is 0 Å². The predicted octanol–water partition coefficient (Wildman–Crippen LogP) is 3.14. The number of sulfone groups is 1. The van der Waals surface area contributed by atoms with Gasteiger partial charge in [0.2, 0.25) is 0 Å². The first-order valence-corrected chi connectivity index (χ1v) is 10.4. The quantitative estimate of drug-likeness (QED) is 0.777. The highest BCUT2D eigenvalue weighted by Crippen LogP contribution is 2.30. The molecule has 2 aromatic rings. The molecule has 1 aromatic carbocycles. The van der Waals surface area contributed by atoms with Crippen molar-refractivity contribution in [2.45, 2.75) is 25.2 Å². The Morgan fingerprint density at radius 3 is 2.44 bits per heavy atom. The van der Waals surface area contributed by atoms with Gasteiger partial charge < -0.3 is 10.1 Å². The average molecular weight is 381 g/mol. The third-order valence-corrected chi connectivity index (χ3v) is 5.73. The van der Waals surface area contributed by atoms with E-state index in [1.54, 1.807) is 25.1 Å². The molecule has 1 N–H and O–H groups in total. The molecule has 1 aromatic heterocycles. The van der Waals surface area contributed by atoms with Crippen molar-refractivity contribution in [1.82, 2.24) is 0 Å². The number of amides is 1. The van der Waals surface area contributed by atoms with Crippen LogP contribution >= 0.6 is 11.3 Å². The second kappa shape index (κ2) is 7.79. The van der Waals surface area contributed by atoms with Crippen LogP contribution in [0.5, 0.6) is 0 Å². The summed E-state index contributed by atoms with van der Waals surface area (Å²) < 4.78 is 28.8. The number of carbonyl (C=O) groups excluding carboxylic acids is 2. The van der Waals surface area contributed by atoms with Crippen molar-refractivity contribution in [3.8, 4) is 0 Å². The van der Waals surface area contributed by atoms with E-state index in [9.17, 15) is 18.0 Å². The molecule has 0 radical (unpaired) electrons. The molecule has 8 heteroatoms. The standard InChI is InChI=1S/C17H19NO5S2/c1-4-11-10-13(17(20)23-5-2)16(24-11)18-15(19)12-8-6-7-9-14(12)25(3,21)22/h6-10H,4-5H2,1-3H3,(H,18,19). The zero-order valence-corrected chi connectivity index (χ0v) is 15.8. The van der Waals surface area contributed by atoms with Crippen molar-refractivity contribution in [3.05, 3.63) is 46.3 Å². The molecule has 6 nitrogen and oxygen atoms in total. The summed E-state index contributed by atoms with van der Waals surface area (Å²) in [7, 11) is -3.55. The number of hydrogen-bond donors (Lipinski definition) is 1. The summed E-state index contributed by atoms with van der Waals surface area (Å²) in [5.41, 5.74) is 0.306. The van der Waals surface area contributed by atoms with Crippen LogP contribution in [0.1, 0.15) is 39.4 Å². The van der Waals surface area contributed by atoms with E-state index >= 15 is 0 Å². The first-order chi connectivity index (χ1) is 11.8. The fourth-order valence-electron chi connectivity index (χ4n) is 2.22. The van der Waals surface area contributed by atoms with Crippen LogP contribution in [0.25, 0.3) is 0 Å². The third-order valence-electron chi connectivity index (χ3n) is 3.39. The van der Waals surface area contributed by atoms with E-state index in [1.165, 1.54) is 23.5 Å². The van der Waals surface area contributed by atoms with Gasteiger partial charge in [0, 0.05) is 11.1 Å². The van der Waals surface area contributed by atoms with Gasteiger partial charge in [0.1, 0.15) is 5.00 Å². The van der Waals surface area contributed by atoms with Crippen LogP contribution < -0.4 is 5.32 Å². The number of hydrogen-bond acceptors (Lipinski definition) is 6. The maximum absolute atomic E-state index is 12.6. The van der Waals surface area contributed by atoms with Crippen molar-refractivity contribution in [1.29, 1.82) is 0 Å². The molecule has 0 fully saturated rings. The second-order valence-corrected chi connectivity index (χ2v) is 8.37. The van der Waals surface area contributed by atoms with Gasteiger partial charge in [-0.15, -0.1) is 11.3 Å². The van der Waals surface area contributed by atoms with E-state index in [2.05, 4.69) is 5.32 Å². The number of thiophene rings is 1. The minimum Gasteiger partial charge on any atom is -0.462 e. The molecule has 0 aliphatic carbocycles. The molecule has 0 aliphatic rings. The first kappa shape index (κ1) is 19.1. The lowest BCUT2D eigenvalue weighted by Gasteiger charge is -2.09. The van der Waals surface area contributed by atoms with Crippen LogP contribution in [0.15, 0.2) is 35.2 Å². The Labute approximate surface area is 150 Å². The Balaban J connectivity index is 2.39. The molecule has 0 saturated heterocycles. The van der Waals surface area contributed by atoms with E-state index in [4.69, 9.17) is 4.74 Å². The van der Waals surface area contributed by atoms with E-state index in [1.807, 2.05) is 6.92 Å². The smallest absolute Gasteiger partial charge is 0.341 e. The van der Waals surface area contributed by atoms with Gasteiger partial charge in [-0.3, -0.25) is 4.79 Å². The summed E-state index contributed by atoms with van der Waals surface area (Å²) in [5.74, 6) is -1.11. The topological polar surface area (TPSA) is 89.5 Å². The maximum atomic E-state index is 12.6. The van der Waals surface area contributed by atoms with Crippen LogP contribution in [0.2, 0.25) is 0 Å². The summed E-state index contributed by atoms with van der Waals surface area (Å²) in [6, 6.07) is 7.63. The lowest BCUT2D eigenvalue weighted by Crippen LogP contribution is -2.17. The fraction of sp³-hybridized carbons (Fsp3) is 0.294. The van der Waals surface area contributed by atoms with E-state index in [0.717, 1.165) is 11.1 Å². The van der Waals surface area contributed by atoms with Crippen LogP contribution in [-0.2, 0) is 21.0 Å². The van der Waals surface area contributed by atoms with Crippen molar-refractivity contribution >= 4 is 38.1 Å². The van der Waals surface area contributed by atoms with Crippen molar-refractivity contribution < 1.29 is 22.7 Å². The molecular formula is C17H19NO5S2. The zero-order valence-electron chi connectivity index (χ0n) is 14.2. The number of ether oxygens (including phenoxy) is 1. The van der Waals surface area contributed by atoms with E-state index in [0.29, 0.717) is 11.4 Å². The largest absolute Gasteiger partial charge is 0.462 e. The summed E-state index contributed by atoms with van der Waals surface area (Å²) in [6.07, 6.45) is 1.75. The number of esters is 1. The lowest BCUT2D eigenvalue weighted by molar-refractivity contribution is 0.0528. The number of anilines is 1. The molecule has 2 rings (SSSR count). The molecule has 25 heavy (non-hydrogen) atoms. The van der Waals surface area contributed by atoms with Gasteiger partial charge in [-0.1, -0.05) is 19.1 Å². The van der Waals surface area contributed by atoms with E-state index in [-0.39, 0.29) is 22.6 Å². The van der Waals surface area contributed by atoms with Gasteiger partial charge in [-0.2, -0.15) is 0 Å². The first-order valence-electron chi connectivity index (χ1n) is 7.68. The number of rotatable bonds is 6. The Morgan fingerprint density at radius 1 is 1.16 bits per heavy atom. The number of benzene rings is 1. The average Bonchev–Trinajstić information content (AvgIpc) is 2.97. The van der Waals surface area contributed by atoms with Gasteiger partial charge in [0.25, 0.3) is 5.91 Å². The molecule has 0 saturated carbocycles. The Kier molecular flexibility index (Phi) is 5.97. The van der Waals surface area contributed by atoms with Crippen molar-refractivity contribution in [2.75, 3.05) is 18.2 Å². The Hall–Kier alpha value is -2.19. The monoisotopic (exact) mass is 381 g/mol. The molecule has 0 atom stereocenters. The van der Waals surface area contributed by atoms with Gasteiger partial charge in [0.05, 0.1) is 22.6 Å². The Morgan fingerprint density at radius 2 is 1.84 bits per heavy atom. The number of nitrogens with one attached hydrogen (secondary N) is 1. The van der Waals surface area contributed by atoms with Gasteiger partial charge in [-0.25, -0.2) is 13.2 Å². The Bertz CT molecular complexity index is 900. The van der Waals surface area contributed by atoms with Crippen molar-refractivity contribution in [2.24, 2.45) is 0 Å². The minimum atomic E-state index is -3.55. The van der Waals surface area contributed by atoms with Crippen LogP contribution in [0, 0.1) is 0 Å². The summed E-state index contributed by atoms with van der Waals surface area (Å²) in [4.78, 5) is 25.5. The summed E-state index contributed by atoms with van der Waals surface area (Å²) in [5, 5.41) is 3.00. The van der Waals surface area contributed by atoms with Gasteiger partial charge >= 0.3 is 5.97 Å². The molecule has 1 heterocycles. The zero-order chi connectivity index (χ0) is 18.6. The summed E-state index contributed by atoms with van der Waals surface area (Å²) >= 11 is 1.27. The predicted molar refractivity (Wildman–Crippen MR) is 97.2 cm³/mol. The highest BCUT2D eigenvalue weighted by molar-refractivity contribution is 7.90. The van der Waals surface area contributed by atoms with Crippen LogP contribution in [0.4, 0.5) is 5.00 Å². The molecular weight excluding hydrogens is 362 g/mol. The molecule has 1 amide bonds. The highest BCUT2D eigenvalue weighted by Gasteiger charge is 2.22. The maximum Gasteiger partial charge on any atom is 0.341 e. The summed E-state index contributed by atoms with van der Waals surface area (Å²) in [6.45, 7) is 3.86. The minimum absolute atomic E-state index is 0.0336. The van der Waals surface area contributed by atoms with Gasteiger partial charge in [-0.05, 0) is 31.5 Å². The number of aryl methyl sites for hydroxylation is 1. The lowest BCUT2D eigenvalue weighted by atomic mass is 10.2. The molecule has 0 bridgehead atoms. The molecule has 0 spiro atoms. The van der Waals surface area contributed by atoms with Crippen LogP contribution in [0.3, 0.4) is 0 Å². The van der Waals surface area contributed by atoms with Crippen LogP contribution in [-0.4, -0.2) is 33.2 Å². The van der Waals surface area contributed by atoms with E-state index < -0.39 is 21.7 Å². The SMILES string of the molecule is CCOC(=O)c1cc(CC)sc1NC(=O)c1ccccc1S(C)(=O)=O. The second-order valence-electron chi connectivity index (χ2n) is 5.25. The van der Waals surface area contributed by atoms with Gasteiger partial charge in [0.15, 0.2) is 9.84 Å². The normalized spacial score (nSPS) is 11.2. The number of carbonyl (C=O) groups is 2. The molecule has 134 valence electrons. The molecule has 0 aliphatic heterocycles. The molecule has 0 unspecified atom stereocenters. The highest BCUT2D eigenvalue weighted by atomic mass is 32.2. The fourth-order valence-corrected chi connectivity index (χ4v) is 4.08. The third kappa shape index (κ3) is 4.46.